The molecule has 0 N–H and O–H groups in total. The summed E-state index contributed by atoms with van der Waals surface area (Å²) in [4.78, 5) is 4.01. The molecule has 1 heterocycles. The van der Waals surface area contributed by atoms with Gasteiger partial charge in [-0.2, -0.15) is 0 Å². The maximum Gasteiger partial charge on any atom is 0.179 e. The lowest BCUT2D eigenvalue weighted by Crippen LogP contribution is -2.07. The van der Waals surface area contributed by atoms with Crippen LogP contribution in [0.5, 0.6) is 0 Å². The lowest BCUT2D eigenvalue weighted by molar-refractivity contribution is 0.590. The number of halogens is 1. The third-order valence-electron chi connectivity index (χ3n) is 2.08. The Morgan fingerprint density at radius 1 is 1.33 bits per heavy atom. The Bertz CT molecular complexity index is 400. The van der Waals surface area contributed by atoms with Gasteiger partial charge >= 0.3 is 0 Å². The Hall–Kier alpha value is -0.610. The number of hydrogen-bond acceptors (Lipinski definition) is 3. The minimum atomic E-state index is -3.17. The molecule has 0 saturated carbocycles. The zero-order chi connectivity index (χ0) is 11.3. The van der Waals surface area contributed by atoms with Crippen molar-refractivity contribution in [2.45, 2.75) is 31.1 Å². The highest BCUT2D eigenvalue weighted by atomic mass is 35.5. The van der Waals surface area contributed by atoms with E-state index in [1.54, 1.807) is 0 Å². The summed E-state index contributed by atoms with van der Waals surface area (Å²) in [7, 11) is -3.17. The van der Waals surface area contributed by atoms with Gasteiger partial charge in [-0.3, -0.25) is 0 Å². The molecular formula is C10H14ClNO2S. The molecule has 0 aromatic carbocycles. The molecule has 0 aliphatic heterocycles. The van der Waals surface area contributed by atoms with E-state index in [1.807, 2.05) is 6.92 Å². The van der Waals surface area contributed by atoms with Crippen LogP contribution in [0.2, 0.25) is 5.15 Å². The summed E-state index contributed by atoms with van der Waals surface area (Å²) >= 11 is 5.58. The number of unbranched alkanes of at least 4 members (excludes halogenated alkanes) is 2. The molecule has 5 heteroatoms. The molecule has 84 valence electrons. The van der Waals surface area contributed by atoms with Gasteiger partial charge in [0.1, 0.15) is 5.15 Å². The van der Waals surface area contributed by atoms with Crippen molar-refractivity contribution in [2.75, 3.05) is 5.75 Å². The maximum absolute atomic E-state index is 11.7. The van der Waals surface area contributed by atoms with Crippen LogP contribution in [-0.4, -0.2) is 19.2 Å². The first-order chi connectivity index (χ1) is 7.06. The first kappa shape index (κ1) is 12.5. The van der Waals surface area contributed by atoms with E-state index in [1.165, 1.54) is 18.3 Å². The minimum Gasteiger partial charge on any atom is -0.243 e. The quantitative estimate of drug-likeness (QED) is 0.594. The normalized spacial score (nSPS) is 11.6. The summed E-state index contributed by atoms with van der Waals surface area (Å²) in [6.45, 7) is 2.04. The fourth-order valence-corrected chi connectivity index (χ4v) is 2.63. The molecular weight excluding hydrogens is 234 g/mol. The fourth-order valence-electron chi connectivity index (χ4n) is 1.21. The van der Waals surface area contributed by atoms with Gasteiger partial charge in [0.2, 0.25) is 0 Å². The summed E-state index contributed by atoms with van der Waals surface area (Å²) in [5.74, 6) is 0.185. The van der Waals surface area contributed by atoms with Crippen LogP contribution in [0, 0.1) is 0 Å². The molecule has 15 heavy (non-hydrogen) atoms. The molecule has 0 amide bonds. The summed E-state index contributed by atoms with van der Waals surface area (Å²) in [5, 5.41) is 0.308. The maximum atomic E-state index is 11.7. The molecule has 0 atom stereocenters. The number of sulfone groups is 1. The molecule has 0 radical (unpaired) electrons. The third kappa shape index (κ3) is 3.80. The van der Waals surface area contributed by atoms with Gasteiger partial charge in [-0.15, -0.1) is 0 Å². The predicted octanol–water partition coefficient (Wildman–Crippen LogP) is 2.70. The fraction of sp³-hybridized carbons (Fsp3) is 0.500. The van der Waals surface area contributed by atoms with Crippen LogP contribution in [0.25, 0.3) is 0 Å². The molecule has 1 rings (SSSR count). The summed E-state index contributed by atoms with van der Waals surface area (Å²) in [5.41, 5.74) is 0. The lowest BCUT2D eigenvalue weighted by atomic mass is 10.3. The molecule has 0 fully saturated rings. The summed E-state index contributed by atoms with van der Waals surface area (Å²) in [6, 6.07) is 2.99. The number of nitrogens with zero attached hydrogens (tertiary/aromatic N) is 1. The Labute approximate surface area is 95.4 Å². The van der Waals surface area contributed by atoms with E-state index in [0.29, 0.717) is 11.6 Å². The van der Waals surface area contributed by atoms with Crippen molar-refractivity contribution in [3.05, 3.63) is 23.5 Å². The van der Waals surface area contributed by atoms with Crippen molar-refractivity contribution in [3.63, 3.8) is 0 Å². The lowest BCUT2D eigenvalue weighted by Gasteiger charge is -2.03. The smallest absolute Gasteiger partial charge is 0.179 e. The van der Waals surface area contributed by atoms with E-state index in [9.17, 15) is 8.42 Å². The van der Waals surface area contributed by atoms with Crippen molar-refractivity contribution < 1.29 is 8.42 Å². The van der Waals surface area contributed by atoms with Crippen LogP contribution < -0.4 is 0 Å². The third-order valence-corrected chi connectivity index (χ3v) is 4.09. The van der Waals surface area contributed by atoms with Crippen molar-refractivity contribution in [2.24, 2.45) is 0 Å². The summed E-state index contributed by atoms with van der Waals surface area (Å²) in [6.07, 6.45) is 3.94. The predicted molar refractivity (Wildman–Crippen MR) is 60.8 cm³/mol. The van der Waals surface area contributed by atoms with Gasteiger partial charge in [-0.1, -0.05) is 31.4 Å². The van der Waals surface area contributed by atoms with Gasteiger partial charge < -0.3 is 0 Å². The second kappa shape index (κ2) is 5.47. The van der Waals surface area contributed by atoms with Gasteiger partial charge in [-0.25, -0.2) is 13.4 Å². The van der Waals surface area contributed by atoms with Gasteiger partial charge in [0.05, 0.1) is 10.6 Å². The van der Waals surface area contributed by atoms with Crippen LogP contribution in [0.4, 0.5) is 0 Å². The topological polar surface area (TPSA) is 47.0 Å². The minimum absolute atomic E-state index is 0.185. The zero-order valence-electron chi connectivity index (χ0n) is 8.61. The summed E-state index contributed by atoms with van der Waals surface area (Å²) < 4.78 is 23.5. The SMILES string of the molecule is CCCCCS(=O)(=O)c1ccc(Cl)nc1. The van der Waals surface area contributed by atoms with Gasteiger partial charge in [0.25, 0.3) is 0 Å². The standard InChI is InChI=1S/C10H14ClNO2S/c1-2-3-4-7-15(13,14)9-5-6-10(11)12-8-9/h5-6,8H,2-4,7H2,1H3. The van der Waals surface area contributed by atoms with Gasteiger partial charge in [0, 0.05) is 6.20 Å². The highest BCUT2D eigenvalue weighted by Crippen LogP contribution is 2.14. The van der Waals surface area contributed by atoms with Crippen molar-refractivity contribution in [3.8, 4) is 0 Å². The first-order valence-electron chi connectivity index (χ1n) is 4.90. The monoisotopic (exact) mass is 247 g/mol. The highest BCUT2D eigenvalue weighted by Gasteiger charge is 2.13. The average molecular weight is 248 g/mol. The van der Waals surface area contributed by atoms with Crippen molar-refractivity contribution >= 4 is 21.4 Å². The molecule has 0 saturated heterocycles. The Morgan fingerprint density at radius 3 is 2.60 bits per heavy atom. The highest BCUT2D eigenvalue weighted by molar-refractivity contribution is 7.91. The van der Waals surface area contributed by atoms with Crippen LogP contribution in [0.3, 0.4) is 0 Å². The van der Waals surface area contributed by atoms with Crippen molar-refractivity contribution in [1.29, 1.82) is 0 Å². The second-order valence-corrected chi connectivity index (χ2v) is 5.84. The van der Waals surface area contributed by atoms with E-state index < -0.39 is 9.84 Å². The van der Waals surface area contributed by atoms with E-state index in [4.69, 9.17) is 11.6 Å². The van der Waals surface area contributed by atoms with Crippen LogP contribution in [0.1, 0.15) is 26.2 Å². The van der Waals surface area contributed by atoms with Crippen LogP contribution in [0.15, 0.2) is 23.2 Å². The molecule has 0 aliphatic carbocycles. The second-order valence-electron chi connectivity index (χ2n) is 3.34. The molecule has 0 unspecified atom stereocenters. The van der Waals surface area contributed by atoms with Crippen LogP contribution in [-0.2, 0) is 9.84 Å². The Balaban J connectivity index is 2.73. The molecule has 1 aromatic rings. The Kier molecular flexibility index (Phi) is 4.54. The van der Waals surface area contributed by atoms with Crippen molar-refractivity contribution in [1.82, 2.24) is 4.98 Å². The van der Waals surface area contributed by atoms with E-state index in [2.05, 4.69) is 4.98 Å². The van der Waals surface area contributed by atoms with E-state index >= 15 is 0 Å². The number of pyridine rings is 1. The largest absolute Gasteiger partial charge is 0.243 e. The molecule has 3 nitrogen and oxygen atoms in total. The number of hydrogen-bond donors (Lipinski definition) is 0. The van der Waals surface area contributed by atoms with Gasteiger partial charge in [-0.05, 0) is 18.6 Å². The molecule has 0 bridgehead atoms. The number of rotatable bonds is 5. The Morgan fingerprint density at radius 2 is 2.07 bits per heavy atom. The zero-order valence-corrected chi connectivity index (χ0v) is 10.2. The number of aromatic nitrogens is 1. The van der Waals surface area contributed by atoms with Gasteiger partial charge in [0.15, 0.2) is 9.84 Å². The molecule has 0 spiro atoms. The molecule has 0 aliphatic rings. The molecule has 1 aromatic heterocycles. The first-order valence-corrected chi connectivity index (χ1v) is 6.93. The van der Waals surface area contributed by atoms with Crippen LogP contribution >= 0.6 is 11.6 Å². The van der Waals surface area contributed by atoms with E-state index in [0.717, 1.165) is 12.8 Å². The average Bonchev–Trinajstić information content (AvgIpc) is 2.18. The van der Waals surface area contributed by atoms with E-state index in [-0.39, 0.29) is 10.6 Å².